The van der Waals surface area contributed by atoms with E-state index in [9.17, 15) is 4.79 Å². The van der Waals surface area contributed by atoms with E-state index in [4.69, 9.17) is 16.7 Å². The van der Waals surface area contributed by atoms with Crippen LogP contribution in [0.2, 0.25) is 0 Å². The van der Waals surface area contributed by atoms with Crippen LogP contribution in [0.4, 0.5) is 0 Å². The largest absolute Gasteiger partial charge is 0.503 e. The third-order valence-electron chi connectivity index (χ3n) is 1.33. The van der Waals surface area contributed by atoms with E-state index in [1.54, 1.807) is 0 Å². The molecule has 0 fully saturated rings. The lowest BCUT2D eigenvalue weighted by atomic mass is 10.3. The van der Waals surface area contributed by atoms with E-state index >= 15 is 0 Å². The van der Waals surface area contributed by atoms with Crippen molar-refractivity contribution in [2.45, 2.75) is 0 Å². The van der Waals surface area contributed by atoms with Gasteiger partial charge < -0.3 is 21.7 Å². The van der Waals surface area contributed by atoms with Crippen molar-refractivity contribution in [1.29, 1.82) is 0 Å². The molecule has 1 heterocycles. The van der Waals surface area contributed by atoms with Crippen molar-refractivity contribution >= 4 is 5.84 Å². The number of amidine groups is 1. The van der Waals surface area contributed by atoms with E-state index in [0.29, 0.717) is 0 Å². The third-order valence-corrected chi connectivity index (χ3v) is 1.33. The zero-order valence-corrected chi connectivity index (χ0v) is 6.11. The molecule has 6 nitrogen and oxygen atoms in total. The molecule has 0 saturated heterocycles. The Kier molecular flexibility index (Phi) is 2.00. The zero-order valence-electron chi connectivity index (χ0n) is 6.11. The molecule has 0 radical (unpaired) electrons. The average molecular weight is 168 g/mol. The predicted octanol–water partition coefficient (Wildman–Crippen LogP) is -1.34. The van der Waals surface area contributed by atoms with E-state index in [-0.39, 0.29) is 11.5 Å². The molecule has 6 heteroatoms. The topological polar surface area (TPSA) is 117 Å². The van der Waals surface area contributed by atoms with Gasteiger partial charge in [-0.3, -0.25) is 4.79 Å². The second-order valence-electron chi connectivity index (χ2n) is 2.08. The summed E-state index contributed by atoms with van der Waals surface area (Å²) < 4.78 is 0. The van der Waals surface area contributed by atoms with Gasteiger partial charge >= 0.3 is 0 Å². The van der Waals surface area contributed by atoms with E-state index in [1.165, 1.54) is 12.3 Å². The van der Waals surface area contributed by atoms with Crippen LogP contribution < -0.4 is 17.0 Å². The van der Waals surface area contributed by atoms with Crippen molar-refractivity contribution in [2.24, 2.45) is 16.7 Å². The highest BCUT2D eigenvalue weighted by atomic mass is 16.3. The van der Waals surface area contributed by atoms with Crippen LogP contribution in [-0.4, -0.2) is 15.9 Å². The first kappa shape index (κ1) is 8.12. The molecule has 0 bridgehead atoms. The normalized spacial score (nSPS) is 11.5. The highest BCUT2D eigenvalue weighted by Crippen LogP contribution is 2.04. The van der Waals surface area contributed by atoms with Crippen LogP contribution in [0.1, 0.15) is 5.69 Å². The van der Waals surface area contributed by atoms with Crippen LogP contribution in [0.15, 0.2) is 22.2 Å². The number of hydrogen-bond acceptors (Lipinski definition) is 4. The van der Waals surface area contributed by atoms with Gasteiger partial charge in [0.05, 0.1) is 0 Å². The minimum absolute atomic E-state index is 0.0324. The zero-order chi connectivity index (χ0) is 9.14. The Hall–Kier alpha value is -1.98. The van der Waals surface area contributed by atoms with Crippen molar-refractivity contribution in [2.75, 3.05) is 0 Å². The summed E-state index contributed by atoms with van der Waals surface area (Å²) in [7, 11) is 0. The fraction of sp³-hybridized carbons (Fsp3) is 0. The van der Waals surface area contributed by atoms with E-state index < -0.39 is 11.2 Å². The number of aromatic hydroxyl groups is 1. The fourth-order valence-corrected chi connectivity index (χ4v) is 0.731. The molecule has 6 N–H and O–H groups in total. The van der Waals surface area contributed by atoms with Crippen LogP contribution in [-0.2, 0) is 0 Å². The van der Waals surface area contributed by atoms with Gasteiger partial charge in [0, 0.05) is 12.3 Å². The second kappa shape index (κ2) is 2.95. The molecule has 0 aliphatic rings. The average Bonchev–Trinajstić information content (AvgIpc) is 2.08. The first-order valence-electron chi connectivity index (χ1n) is 3.11. The third kappa shape index (κ3) is 1.22. The molecular formula is C6H8N4O2. The molecule has 1 aromatic heterocycles. The Balaban J connectivity index is 3.36. The highest BCUT2D eigenvalue weighted by Gasteiger charge is 2.07. The molecule has 64 valence electrons. The summed E-state index contributed by atoms with van der Waals surface area (Å²) in [6, 6.07) is 1.17. The van der Waals surface area contributed by atoms with Crippen LogP contribution in [0.3, 0.4) is 0 Å². The molecule has 0 aromatic carbocycles. The highest BCUT2D eigenvalue weighted by molar-refractivity contribution is 5.97. The summed E-state index contributed by atoms with van der Waals surface area (Å²) in [6.07, 6.45) is 1.34. The molecule has 0 spiro atoms. The van der Waals surface area contributed by atoms with Crippen molar-refractivity contribution in [3.05, 3.63) is 28.2 Å². The lowest BCUT2D eigenvalue weighted by Crippen LogP contribution is -2.19. The number of nitrogens with zero attached hydrogens (tertiary/aromatic N) is 1. The Morgan fingerprint density at radius 1 is 1.67 bits per heavy atom. The Labute approximate surface area is 67.5 Å². The number of rotatable bonds is 1. The molecule has 12 heavy (non-hydrogen) atoms. The Bertz CT molecular complexity index is 368. The number of pyridine rings is 1. The molecule has 1 rings (SSSR count). The van der Waals surface area contributed by atoms with Gasteiger partial charge in [-0.05, 0) is 0 Å². The van der Waals surface area contributed by atoms with Crippen molar-refractivity contribution in [1.82, 2.24) is 4.98 Å². The van der Waals surface area contributed by atoms with Gasteiger partial charge in [-0.1, -0.05) is 0 Å². The van der Waals surface area contributed by atoms with Gasteiger partial charge in [0.2, 0.25) is 5.43 Å². The maximum atomic E-state index is 10.8. The van der Waals surface area contributed by atoms with Gasteiger partial charge in [0.25, 0.3) is 0 Å². The number of nitrogens with two attached hydrogens (primary N) is 2. The molecule has 0 unspecified atom stereocenters. The van der Waals surface area contributed by atoms with Crippen molar-refractivity contribution in [3.63, 3.8) is 0 Å². The summed E-state index contributed by atoms with van der Waals surface area (Å²) in [4.78, 5) is 13.4. The minimum Gasteiger partial charge on any atom is -0.503 e. The number of H-pyrrole nitrogens is 1. The quantitative estimate of drug-likeness (QED) is 0.179. The van der Waals surface area contributed by atoms with E-state index in [1.807, 2.05) is 0 Å². The van der Waals surface area contributed by atoms with E-state index in [0.717, 1.165) is 0 Å². The van der Waals surface area contributed by atoms with E-state index in [2.05, 4.69) is 10.1 Å². The minimum atomic E-state index is -0.532. The molecule has 1 aromatic rings. The van der Waals surface area contributed by atoms with Crippen LogP contribution >= 0.6 is 0 Å². The molecule has 0 atom stereocenters. The van der Waals surface area contributed by atoms with Crippen LogP contribution in [0.25, 0.3) is 0 Å². The molecule has 0 aliphatic heterocycles. The van der Waals surface area contributed by atoms with Crippen molar-refractivity contribution < 1.29 is 5.11 Å². The second-order valence-corrected chi connectivity index (χ2v) is 2.08. The number of aromatic nitrogens is 1. The van der Waals surface area contributed by atoms with Gasteiger partial charge in [0.15, 0.2) is 11.6 Å². The molecular weight excluding hydrogens is 160 g/mol. The lowest BCUT2D eigenvalue weighted by molar-refractivity contribution is 0.466. The Morgan fingerprint density at radius 2 is 2.33 bits per heavy atom. The van der Waals surface area contributed by atoms with Crippen LogP contribution in [0.5, 0.6) is 5.75 Å². The van der Waals surface area contributed by atoms with Crippen molar-refractivity contribution in [3.8, 4) is 5.75 Å². The number of nitrogens with one attached hydrogen (secondary N) is 1. The summed E-state index contributed by atoms with van der Waals surface area (Å²) in [5.74, 6) is 4.25. The first-order valence-corrected chi connectivity index (χ1v) is 3.11. The fourth-order valence-electron chi connectivity index (χ4n) is 0.731. The molecule has 0 amide bonds. The van der Waals surface area contributed by atoms with Gasteiger partial charge in [-0.15, -0.1) is 0 Å². The monoisotopic (exact) mass is 168 g/mol. The summed E-state index contributed by atoms with van der Waals surface area (Å²) in [6.45, 7) is 0. The smallest absolute Gasteiger partial charge is 0.223 e. The maximum absolute atomic E-state index is 10.8. The number of hydrogen-bond donors (Lipinski definition) is 4. The molecule has 0 aliphatic carbocycles. The van der Waals surface area contributed by atoms with Gasteiger partial charge in [-0.25, -0.2) is 0 Å². The number of hydrazone groups is 1. The van der Waals surface area contributed by atoms with Gasteiger partial charge in [-0.2, -0.15) is 5.10 Å². The number of aromatic amines is 1. The predicted molar refractivity (Wildman–Crippen MR) is 43.6 cm³/mol. The molecule has 0 saturated carbocycles. The lowest BCUT2D eigenvalue weighted by Gasteiger charge is -2.00. The summed E-state index contributed by atoms with van der Waals surface area (Å²) >= 11 is 0. The van der Waals surface area contributed by atoms with Crippen LogP contribution in [0, 0.1) is 0 Å². The maximum Gasteiger partial charge on any atom is 0.223 e. The first-order chi connectivity index (χ1) is 5.66. The summed E-state index contributed by atoms with van der Waals surface area (Å²) in [5.41, 5.74) is 4.76. The summed E-state index contributed by atoms with van der Waals surface area (Å²) in [5, 5.41) is 12.3. The SMILES string of the molecule is N/N=C(\N)c1[nH]ccc(=O)c1O. The standard InChI is InChI=1S/C6H8N4O2/c7-6(10-8)4-5(12)3(11)1-2-9-4/h1-2,12H,8H2,(H2,7,10)(H,9,11). The Morgan fingerprint density at radius 3 is 2.92 bits per heavy atom. The van der Waals surface area contributed by atoms with Gasteiger partial charge in [0.1, 0.15) is 5.69 Å².